The van der Waals surface area contributed by atoms with Crippen LogP contribution in [-0.2, 0) is 6.42 Å². The maximum absolute atomic E-state index is 12.1. The summed E-state index contributed by atoms with van der Waals surface area (Å²) in [4.78, 5) is 20.5. The number of anilines is 1. The summed E-state index contributed by atoms with van der Waals surface area (Å²) in [6.07, 6.45) is 0.250. The number of aromatic amines is 1. The number of hydrogen-bond acceptors (Lipinski definition) is 8. The predicted molar refractivity (Wildman–Crippen MR) is 88.1 cm³/mol. The Hall–Kier alpha value is -3.82. The maximum atomic E-state index is 12.1. The van der Waals surface area contributed by atoms with Crippen LogP contribution in [0.15, 0.2) is 45.4 Å². The molecule has 4 aromatic rings. The summed E-state index contributed by atoms with van der Waals surface area (Å²) in [7, 11) is 0. The van der Waals surface area contributed by atoms with Crippen LogP contribution in [-0.4, -0.2) is 36.4 Å². The van der Waals surface area contributed by atoms with Gasteiger partial charge in [0.05, 0.1) is 6.42 Å². The third-order valence-electron chi connectivity index (χ3n) is 3.42. The van der Waals surface area contributed by atoms with Crippen molar-refractivity contribution in [3.8, 4) is 11.4 Å². The van der Waals surface area contributed by atoms with Gasteiger partial charge in [-0.25, -0.2) is 4.98 Å². The molecule has 0 radical (unpaired) electrons. The van der Waals surface area contributed by atoms with Gasteiger partial charge in [0.2, 0.25) is 0 Å². The highest BCUT2D eigenvalue weighted by molar-refractivity contribution is 6.00. The second kappa shape index (κ2) is 6.59. The molecule has 4 rings (SSSR count). The zero-order chi connectivity index (χ0) is 17.9. The predicted octanol–water partition coefficient (Wildman–Crippen LogP) is 1.99. The molecule has 130 valence electrons. The van der Waals surface area contributed by atoms with Crippen LogP contribution in [0.1, 0.15) is 28.1 Å². The number of H-pyrrole nitrogens is 1. The van der Waals surface area contributed by atoms with Gasteiger partial charge in [0.25, 0.3) is 0 Å². The third kappa shape index (κ3) is 3.34. The van der Waals surface area contributed by atoms with Crippen molar-refractivity contribution in [3.05, 3.63) is 59.7 Å². The van der Waals surface area contributed by atoms with Crippen molar-refractivity contribution in [1.82, 2.24) is 30.5 Å². The van der Waals surface area contributed by atoms with Crippen molar-refractivity contribution < 1.29 is 13.8 Å². The first kappa shape index (κ1) is 15.7. The molecule has 0 bridgehead atoms. The average molecular weight is 351 g/mol. The van der Waals surface area contributed by atoms with Gasteiger partial charge >= 0.3 is 11.8 Å². The number of hydrogen-bond donors (Lipinski definition) is 2. The Bertz CT molecular complexity index is 1040. The van der Waals surface area contributed by atoms with E-state index in [4.69, 9.17) is 9.05 Å². The van der Waals surface area contributed by atoms with E-state index in [-0.39, 0.29) is 18.1 Å². The number of rotatable bonds is 5. The van der Waals surface area contributed by atoms with E-state index >= 15 is 0 Å². The summed E-state index contributed by atoms with van der Waals surface area (Å²) in [6, 6.07) is 11.1. The van der Waals surface area contributed by atoms with Crippen LogP contribution in [0.3, 0.4) is 0 Å². The molecule has 0 aliphatic heterocycles. The summed E-state index contributed by atoms with van der Waals surface area (Å²) >= 11 is 0. The topological polar surface area (TPSA) is 136 Å². The molecule has 0 unspecified atom stereocenters. The fourth-order valence-electron chi connectivity index (χ4n) is 2.25. The summed E-state index contributed by atoms with van der Waals surface area (Å²) in [5.74, 6) is 1.54. The maximum Gasteiger partial charge on any atom is 0.316 e. The molecule has 0 spiro atoms. The number of amides is 1. The molecule has 0 aliphatic carbocycles. The van der Waals surface area contributed by atoms with E-state index in [0.29, 0.717) is 23.2 Å². The van der Waals surface area contributed by atoms with Crippen molar-refractivity contribution >= 4 is 11.7 Å². The Morgan fingerprint density at radius 1 is 1.15 bits per heavy atom. The zero-order valence-corrected chi connectivity index (χ0v) is 13.6. The first-order valence-electron chi connectivity index (χ1n) is 7.71. The molecule has 0 aliphatic rings. The molecule has 1 aromatic carbocycles. The SMILES string of the molecule is Cc1cc(NC(=O)c2nc(Cc3nc(-c4ccccc4)n[nH]3)no2)no1. The lowest BCUT2D eigenvalue weighted by Crippen LogP contribution is -2.12. The van der Waals surface area contributed by atoms with Gasteiger partial charge in [-0.05, 0) is 6.92 Å². The van der Waals surface area contributed by atoms with Gasteiger partial charge < -0.3 is 9.05 Å². The van der Waals surface area contributed by atoms with E-state index in [1.807, 2.05) is 30.3 Å². The van der Waals surface area contributed by atoms with Crippen LogP contribution in [0, 0.1) is 6.92 Å². The van der Waals surface area contributed by atoms with E-state index in [9.17, 15) is 4.79 Å². The van der Waals surface area contributed by atoms with Crippen molar-refractivity contribution in [3.63, 3.8) is 0 Å². The number of aryl methyl sites for hydroxylation is 1. The van der Waals surface area contributed by atoms with Crippen LogP contribution < -0.4 is 5.32 Å². The lowest BCUT2D eigenvalue weighted by Gasteiger charge is -1.93. The summed E-state index contributed by atoms with van der Waals surface area (Å²) in [6.45, 7) is 1.72. The minimum Gasteiger partial charge on any atom is -0.360 e. The molecule has 0 saturated heterocycles. The van der Waals surface area contributed by atoms with E-state index < -0.39 is 5.91 Å². The highest BCUT2D eigenvalue weighted by Gasteiger charge is 2.18. The average Bonchev–Trinajstić information content (AvgIpc) is 3.38. The molecule has 3 heterocycles. The quantitative estimate of drug-likeness (QED) is 0.557. The number of carbonyl (C=O) groups is 1. The summed E-state index contributed by atoms with van der Waals surface area (Å²) < 4.78 is 9.85. The third-order valence-corrected chi connectivity index (χ3v) is 3.42. The molecular formula is C16H13N7O3. The Labute approximate surface area is 146 Å². The Kier molecular flexibility index (Phi) is 3.98. The van der Waals surface area contributed by atoms with E-state index in [2.05, 4.69) is 35.8 Å². The number of nitrogens with one attached hydrogen (secondary N) is 2. The van der Waals surface area contributed by atoms with E-state index in [0.717, 1.165) is 5.56 Å². The van der Waals surface area contributed by atoms with Crippen molar-refractivity contribution in [2.24, 2.45) is 0 Å². The summed E-state index contributed by atoms with van der Waals surface area (Å²) in [5, 5.41) is 16.9. The molecule has 0 saturated carbocycles. The minimum absolute atomic E-state index is 0.177. The van der Waals surface area contributed by atoms with E-state index in [1.165, 1.54) is 0 Å². The van der Waals surface area contributed by atoms with Crippen LogP contribution >= 0.6 is 0 Å². The van der Waals surface area contributed by atoms with Gasteiger partial charge in [-0.1, -0.05) is 40.6 Å². The van der Waals surface area contributed by atoms with Gasteiger partial charge in [0.15, 0.2) is 17.5 Å². The number of benzene rings is 1. The Morgan fingerprint density at radius 2 is 2.00 bits per heavy atom. The standard InChI is InChI=1S/C16H13N7O3/c1-9-7-12(22-25-9)18-15(24)16-19-13(23-26-16)8-11-17-14(21-20-11)10-5-3-2-4-6-10/h2-7H,8H2,1H3,(H,17,20,21)(H,18,22,24). The van der Waals surface area contributed by atoms with E-state index in [1.54, 1.807) is 13.0 Å². The molecule has 10 heteroatoms. The summed E-state index contributed by atoms with van der Waals surface area (Å²) in [5.41, 5.74) is 0.895. The van der Waals surface area contributed by atoms with Gasteiger partial charge in [-0.3, -0.25) is 15.2 Å². The highest BCUT2D eigenvalue weighted by atomic mass is 16.5. The number of carbonyl (C=O) groups excluding carboxylic acids is 1. The lowest BCUT2D eigenvalue weighted by atomic mass is 10.2. The van der Waals surface area contributed by atoms with Crippen LogP contribution in [0.5, 0.6) is 0 Å². The van der Waals surface area contributed by atoms with Crippen molar-refractivity contribution in [2.45, 2.75) is 13.3 Å². The number of aromatic nitrogens is 6. The highest BCUT2D eigenvalue weighted by Crippen LogP contribution is 2.14. The van der Waals surface area contributed by atoms with Crippen LogP contribution in [0.4, 0.5) is 5.82 Å². The molecular weight excluding hydrogens is 338 g/mol. The van der Waals surface area contributed by atoms with Crippen LogP contribution in [0.2, 0.25) is 0 Å². The molecule has 3 aromatic heterocycles. The van der Waals surface area contributed by atoms with Crippen molar-refractivity contribution in [1.29, 1.82) is 0 Å². The second-order valence-electron chi connectivity index (χ2n) is 5.44. The molecule has 10 nitrogen and oxygen atoms in total. The van der Waals surface area contributed by atoms with Crippen molar-refractivity contribution in [2.75, 3.05) is 5.32 Å². The van der Waals surface area contributed by atoms with Gasteiger partial charge in [-0.2, -0.15) is 10.1 Å². The normalized spacial score (nSPS) is 10.8. The first-order valence-corrected chi connectivity index (χ1v) is 7.71. The fraction of sp³-hybridized carbons (Fsp3) is 0.125. The molecule has 0 fully saturated rings. The van der Waals surface area contributed by atoms with Crippen LogP contribution in [0.25, 0.3) is 11.4 Å². The monoisotopic (exact) mass is 351 g/mol. The van der Waals surface area contributed by atoms with Gasteiger partial charge in [0, 0.05) is 11.6 Å². The first-order chi connectivity index (χ1) is 12.7. The van der Waals surface area contributed by atoms with Gasteiger partial charge in [-0.15, -0.1) is 0 Å². The molecule has 26 heavy (non-hydrogen) atoms. The smallest absolute Gasteiger partial charge is 0.316 e. The largest absolute Gasteiger partial charge is 0.360 e. The zero-order valence-electron chi connectivity index (χ0n) is 13.6. The number of nitrogens with zero attached hydrogens (tertiary/aromatic N) is 5. The lowest BCUT2D eigenvalue weighted by molar-refractivity contribution is 0.0980. The second-order valence-corrected chi connectivity index (χ2v) is 5.44. The Balaban J connectivity index is 1.44. The Morgan fingerprint density at radius 3 is 2.77 bits per heavy atom. The minimum atomic E-state index is -0.570. The molecule has 1 amide bonds. The van der Waals surface area contributed by atoms with Gasteiger partial charge in [0.1, 0.15) is 11.6 Å². The molecule has 2 N–H and O–H groups in total. The fourth-order valence-corrected chi connectivity index (χ4v) is 2.25. The molecule has 0 atom stereocenters.